The fourth-order valence-electron chi connectivity index (χ4n) is 3.38. The summed E-state index contributed by atoms with van der Waals surface area (Å²) >= 11 is 0. The molecule has 3 aromatic rings. The summed E-state index contributed by atoms with van der Waals surface area (Å²) in [6.45, 7) is 3.11. The van der Waals surface area contributed by atoms with E-state index in [4.69, 9.17) is 15.5 Å². The summed E-state index contributed by atoms with van der Waals surface area (Å²) in [5, 5.41) is 9.79. The third-order valence-corrected chi connectivity index (χ3v) is 4.71. The lowest BCUT2D eigenvalue weighted by Gasteiger charge is -2.13. The van der Waals surface area contributed by atoms with Gasteiger partial charge in [0, 0.05) is 18.4 Å². The highest BCUT2D eigenvalue weighted by Crippen LogP contribution is 2.18. The maximum absolute atomic E-state index is 12.9. The molecule has 25 heavy (non-hydrogen) atoms. The molecule has 1 fully saturated rings. The predicted molar refractivity (Wildman–Crippen MR) is 92.0 cm³/mol. The first-order valence-corrected chi connectivity index (χ1v) is 8.26. The molecular weight excluding hydrogens is 318 g/mol. The van der Waals surface area contributed by atoms with Crippen molar-refractivity contribution >= 4 is 22.5 Å². The SMILES string of the molecule is Cc1cccn2c(=O)c3cc(C#N)c(N)[n+](C[C@H]4CCCO4)c3nc12. The maximum Gasteiger partial charge on any atom is 0.278 e. The second-order valence-corrected chi connectivity index (χ2v) is 6.34. The average molecular weight is 336 g/mol. The first-order chi connectivity index (χ1) is 12.1. The van der Waals surface area contributed by atoms with E-state index in [1.165, 1.54) is 10.5 Å². The van der Waals surface area contributed by atoms with Crippen LogP contribution in [0.2, 0.25) is 0 Å². The van der Waals surface area contributed by atoms with E-state index in [-0.39, 0.29) is 17.2 Å². The van der Waals surface area contributed by atoms with Gasteiger partial charge < -0.3 is 10.5 Å². The van der Waals surface area contributed by atoms with Gasteiger partial charge in [0.1, 0.15) is 17.0 Å². The normalized spacial score (nSPS) is 17.2. The van der Waals surface area contributed by atoms with Gasteiger partial charge in [-0.25, -0.2) is 4.57 Å². The van der Waals surface area contributed by atoms with Gasteiger partial charge in [0.25, 0.3) is 11.2 Å². The monoisotopic (exact) mass is 336 g/mol. The van der Waals surface area contributed by atoms with Crippen molar-refractivity contribution in [2.75, 3.05) is 12.3 Å². The number of nitriles is 1. The van der Waals surface area contributed by atoms with Gasteiger partial charge in [-0.2, -0.15) is 5.26 Å². The van der Waals surface area contributed by atoms with Gasteiger partial charge in [-0.3, -0.25) is 9.20 Å². The molecule has 1 atom stereocenters. The van der Waals surface area contributed by atoms with E-state index < -0.39 is 0 Å². The van der Waals surface area contributed by atoms with Gasteiger partial charge in [-0.05, 0) is 31.9 Å². The third kappa shape index (κ3) is 2.42. The summed E-state index contributed by atoms with van der Waals surface area (Å²) in [6.07, 6.45) is 3.63. The lowest BCUT2D eigenvalue weighted by atomic mass is 10.2. The second-order valence-electron chi connectivity index (χ2n) is 6.34. The minimum atomic E-state index is -0.207. The number of nitrogens with zero attached hydrogens (tertiary/aromatic N) is 4. The Balaban J connectivity index is 2.08. The Morgan fingerprint density at radius 3 is 3.12 bits per heavy atom. The Morgan fingerprint density at radius 1 is 1.56 bits per heavy atom. The molecule has 1 aliphatic heterocycles. The largest absolute Gasteiger partial charge is 0.375 e. The third-order valence-electron chi connectivity index (χ3n) is 4.71. The summed E-state index contributed by atoms with van der Waals surface area (Å²) in [6, 6.07) is 7.32. The highest BCUT2D eigenvalue weighted by Gasteiger charge is 2.25. The van der Waals surface area contributed by atoms with Crippen molar-refractivity contribution in [1.82, 2.24) is 9.38 Å². The Bertz CT molecular complexity index is 1090. The molecule has 0 bridgehead atoms. The van der Waals surface area contributed by atoms with Gasteiger partial charge in [-0.15, -0.1) is 0 Å². The minimum Gasteiger partial charge on any atom is -0.375 e. The summed E-state index contributed by atoms with van der Waals surface area (Å²) in [5.41, 5.74) is 8.25. The van der Waals surface area contributed by atoms with Crippen LogP contribution >= 0.6 is 0 Å². The molecule has 2 N–H and O–H groups in total. The Kier molecular flexibility index (Phi) is 3.62. The predicted octanol–water partition coefficient (Wildman–Crippen LogP) is 1.08. The van der Waals surface area contributed by atoms with E-state index in [0.717, 1.165) is 25.0 Å². The molecule has 0 radical (unpaired) electrons. The van der Waals surface area contributed by atoms with Crippen molar-refractivity contribution in [1.29, 1.82) is 5.26 Å². The van der Waals surface area contributed by atoms with Gasteiger partial charge in [-0.1, -0.05) is 11.1 Å². The van der Waals surface area contributed by atoms with Crippen LogP contribution in [0.15, 0.2) is 29.2 Å². The molecule has 3 aromatic heterocycles. The van der Waals surface area contributed by atoms with E-state index in [2.05, 4.69) is 6.07 Å². The molecule has 0 saturated carbocycles. The molecule has 0 unspecified atom stereocenters. The highest BCUT2D eigenvalue weighted by atomic mass is 16.5. The van der Waals surface area contributed by atoms with Crippen molar-refractivity contribution in [2.24, 2.45) is 0 Å². The number of anilines is 1. The zero-order valence-electron chi connectivity index (χ0n) is 13.9. The molecule has 7 nitrogen and oxygen atoms in total. The second kappa shape index (κ2) is 5.83. The molecule has 126 valence electrons. The number of rotatable bonds is 2. The number of aryl methyl sites for hydroxylation is 1. The number of pyridine rings is 2. The van der Waals surface area contributed by atoms with E-state index in [1.807, 2.05) is 13.0 Å². The van der Waals surface area contributed by atoms with E-state index in [0.29, 0.717) is 29.0 Å². The van der Waals surface area contributed by atoms with Crippen LogP contribution < -0.4 is 15.9 Å². The van der Waals surface area contributed by atoms with Crippen molar-refractivity contribution in [2.45, 2.75) is 32.4 Å². The standard InChI is InChI=1S/C18H17N5O2/c1-11-4-2-6-22-16(11)21-17-14(18(22)24)8-12(9-19)15(20)23(17)10-13-5-3-7-25-13/h2,4,6,8,13,20H,3,5,7,10H2,1H3/p+1/t13-/m1/s1. The lowest BCUT2D eigenvalue weighted by Crippen LogP contribution is -2.45. The Labute approximate surface area is 143 Å². The Morgan fingerprint density at radius 2 is 2.40 bits per heavy atom. The van der Waals surface area contributed by atoms with Crippen LogP contribution in [0.4, 0.5) is 5.82 Å². The molecule has 7 heteroatoms. The van der Waals surface area contributed by atoms with Gasteiger partial charge in [0.2, 0.25) is 11.5 Å². The quantitative estimate of drug-likeness (QED) is 0.558. The van der Waals surface area contributed by atoms with Crippen LogP contribution in [0, 0.1) is 18.3 Å². The topological polar surface area (TPSA) is 97.3 Å². The number of ether oxygens (including phenoxy) is 1. The molecule has 0 aliphatic carbocycles. The molecule has 1 aliphatic rings. The van der Waals surface area contributed by atoms with E-state index in [9.17, 15) is 10.1 Å². The summed E-state index contributed by atoms with van der Waals surface area (Å²) in [7, 11) is 0. The molecule has 0 amide bonds. The van der Waals surface area contributed by atoms with Crippen LogP contribution in [-0.4, -0.2) is 22.1 Å². The van der Waals surface area contributed by atoms with E-state index in [1.54, 1.807) is 16.8 Å². The number of fused-ring (bicyclic) bond motifs is 2. The highest BCUT2D eigenvalue weighted by molar-refractivity contribution is 5.77. The van der Waals surface area contributed by atoms with Crippen LogP contribution in [0.5, 0.6) is 0 Å². The average Bonchev–Trinajstić information content (AvgIpc) is 3.12. The van der Waals surface area contributed by atoms with Crippen molar-refractivity contribution in [3.05, 3.63) is 45.9 Å². The first kappa shape index (κ1) is 15.5. The molecule has 0 aromatic carbocycles. The molecular formula is C18H18N5O2+. The zero-order chi connectivity index (χ0) is 17.6. The van der Waals surface area contributed by atoms with Crippen molar-refractivity contribution < 1.29 is 9.30 Å². The zero-order valence-corrected chi connectivity index (χ0v) is 13.9. The molecule has 0 spiro atoms. The Hall–Kier alpha value is -2.98. The minimum absolute atomic E-state index is 0.0153. The van der Waals surface area contributed by atoms with Crippen LogP contribution in [0.3, 0.4) is 0 Å². The summed E-state index contributed by atoms with van der Waals surface area (Å²) < 4.78 is 8.96. The van der Waals surface area contributed by atoms with Crippen LogP contribution in [0.1, 0.15) is 24.0 Å². The van der Waals surface area contributed by atoms with Crippen molar-refractivity contribution in [3.63, 3.8) is 0 Å². The van der Waals surface area contributed by atoms with Crippen LogP contribution in [0.25, 0.3) is 16.7 Å². The summed E-state index contributed by atoms with van der Waals surface area (Å²) in [5.74, 6) is 0.315. The number of hydrogen-bond acceptors (Lipinski definition) is 5. The number of nitrogen functional groups attached to an aromatic ring is 1. The van der Waals surface area contributed by atoms with E-state index >= 15 is 0 Å². The smallest absolute Gasteiger partial charge is 0.278 e. The first-order valence-electron chi connectivity index (χ1n) is 8.26. The fourth-order valence-corrected chi connectivity index (χ4v) is 3.38. The molecule has 4 rings (SSSR count). The van der Waals surface area contributed by atoms with Crippen molar-refractivity contribution in [3.8, 4) is 6.07 Å². The lowest BCUT2D eigenvalue weighted by molar-refractivity contribution is -0.666. The maximum atomic E-state index is 12.9. The van der Waals surface area contributed by atoms with Gasteiger partial charge >= 0.3 is 0 Å². The van der Waals surface area contributed by atoms with Gasteiger partial charge in [0.05, 0.1) is 12.6 Å². The molecule has 4 heterocycles. The van der Waals surface area contributed by atoms with Crippen LogP contribution in [-0.2, 0) is 11.3 Å². The molecule has 1 saturated heterocycles. The van der Waals surface area contributed by atoms with Gasteiger partial charge in [0.15, 0.2) is 0 Å². The fraction of sp³-hybridized carbons (Fsp3) is 0.333. The number of hydrogen-bond donors (Lipinski definition) is 1. The summed E-state index contributed by atoms with van der Waals surface area (Å²) in [4.78, 5) is 17.6. The number of aromatic nitrogens is 3. The number of nitrogens with two attached hydrogens (primary N) is 1.